The number of hydrogen-bond donors (Lipinski definition) is 2. The molecule has 0 atom stereocenters. The number of ether oxygens (including phenoxy) is 1. The van der Waals surface area contributed by atoms with Crippen LogP contribution in [0.4, 0.5) is 0 Å². The van der Waals surface area contributed by atoms with E-state index >= 15 is 0 Å². The summed E-state index contributed by atoms with van der Waals surface area (Å²) in [5, 5.41) is 18.6. The number of aromatic hydroxyl groups is 1. The summed E-state index contributed by atoms with van der Waals surface area (Å²) in [6, 6.07) is 14.2. The number of carboxylic acid groups (broad SMARTS) is 1. The van der Waals surface area contributed by atoms with E-state index in [0.717, 1.165) is 5.56 Å². The van der Waals surface area contributed by atoms with Gasteiger partial charge in [0.05, 0.1) is 6.61 Å². The summed E-state index contributed by atoms with van der Waals surface area (Å²) in [4.78, 5) is 10.9. The zero-order chi connectivity index (χ0) is 13.7. The highest BCUT2D eigenvalue weighted by atomic mass is 16.5. The number of carboxylic acids is 1. The summed E-state index contributed by atoms with van der Waals surface area (Å²) in [5.41, 5.74) is 0.966. The van der Waals surface area contributed by atoms with Gasteiger partial charge in [-0.2, -0.15) is 0 Å². The number of carbonyl (C=O) groups is 1. The maximum atomic E-state index is 10.9. The van der Waals surface area contributed by atoms with Crippen LogP contribution in [-0.2, 0) is 6.42 Å². The van der Waals surface area contributed by atoms with Gasteiger partial charge in [-0.25, -0.2) is 4.79 Å². The van der Waals surface area contributed by atoms with E-state index in [2.05, 4.69) is 0 Å². The molecule has 0 unspecified atom stereocenters. The molecule has 2 aromatic carbocycles. The zero-order valence-electron chi connectivity index (χ0n) is 10.2. The Kier molecular flexibility index (Phi) is 4.03. The van der Waals surface area contributed by atoms with Crippen molar-refractivity contribution in [3.05, 3.63) is 59.7 Å². The Balaban J connectivity index is 2.00. The van der Waals surface area contributed by atoms with Gasteiger partial charge >= 0.3 is 5.97 Å². The van der Waals surface area contributed by atoms with Crippen LogP contribution >= 0.6 is 0 Å². The average Bonchev–Trinajstić information content (AvgIpc) is 2.41. The van der Waals surface area contributed by atoms with E-state index in [9.17, 15) is 9.90 Å². The molecule has 0 heterocycles. The molecule has 2 rings (SSSR count). The van der Waals surface area contributed by atoms with E-state index in [1.165, 1.54) is 6.07 Å². The molecule has 0 aromatic heterocycles. The molecule has 0 saturated heterocycles. The maximum absolute atomic E-state index is 10.9. The van der Waals surface area contributed by atoms with E-state index in [0.29, 0.717) is 13.0 Å². The summed E-state index contributed by atoms with van der Waals surface area (Å²) in [7, 11) is 0. The van der Waals surface area contributed by atoms with Gasteiger partial charge in [-0.1, -0.05) is 36.4 Å². The van der Waals surface area contributed by atoms with E-state index < -0.39 is 5.97 Å². The highest BCUT2D eigenvalue weighted by molar-refractivity contribution is 5.91. The first-order valence-electron chi connectivity index (χ1n) is 5.90. The largest absolute Gasteiger partial charge is 0.504 e. The fraction of sp³-hybridized carbons (Fsp3) is 0.133. The van der Waals surface area contributed by atoms with Crippen molar-refractivity contribution in [1.82, 2.24) is 0 Å². The van der Waals surface area contributed by atoms with Crippen molar-refractivity contribution in [2.24, 2.45) is 0 Å². The van der Waals surface area contributed by atoms with Gasteiger partial charge in [0.15, 0.2) is 11.5 Å². The van der Waals surface area contributed by atoms with Crippen LogP contribution in [0.1, 0.15) is 15.9 Å². The van der Waals surface area contributed by atoms with E-state index in [1.54, 1.807) is 12.1 Å². The molecule has 0 amide bonds. The molecule has 4 heteroatoms. The van der Waals surface area contributed by atoms with E-state index in [1.807, 2.05) is 30.3 Å². The second-order valence-corrected chi connectivity index (χ2v) is 4.04. The number of hydrogen-bond acceptors (Lipinski definition) is 3. The quantitative estimate of drug-likeness (QED) is 0.865. The lowest BCUT2D eigenvalue weighted by Gasteiger charge is -2.09. The third-order valence-corrected chi connectivity index (χ3v) is 2.72. The number of para-hydroxylation sites is 1. The Morgan fingerprint density at radius 2 is 1.79 bits per heavy atom. The summed E-state index contributed by atoms with van der Waals surface area (Å²) in [5.74, 6) is -1.31. The number of phenols is 1. The Morgan fingerprint density at radius 3 is 2.47 bits per heavy atom. The Bertz CT molecular complexity index is 564. The highest BCUT2D eigenvalue weighted by Crippen LogP contribution is 2.29. The predicted octanol–water partition coefficient (Wildman–Crippen LogP) is 2.71. The monoisotopic (exact) mass is 258 g/mol. The first-order valence-corrected chi connectivity index (χ1v) is 5.90. The van der Waals surface area contributed by atoms with Gasteiger partial charge in [-0.3, -0.25) is 0 Å². The van der Waals surface area contributed by atoms with Gasteiger partial charge in [0.25, 0.3) is 0 Å². The van der Waals surface area contributed by atoms with Crippen LogP contribution in [0.5, 0.6) is 11.5 Å². The summed E-state index contributed by atoms with van der Waals surface area (Å²) in [6.45, 7) is 0.376. The highest BCUT2D eigenvalue weighted by Gasteiger charge is 2.13. The minimum absolute atomic E-state index is 0.155. The van der Waals surface area contributed by atoms with Gasteiger partial charge in [0.2, 0.25) is 0 Å². The minimum atomic E-state index is -1.17. The third-order valence-electron chi connectivity index (χ3n) is 2.72. The van der Waals surface area contributed by atoms with E-state index in [4.69, 9.17) is 9.84 Å². The van der Waals surface area contributed by atoms with Crippen LogP contribution < -0.4 is 4.74 Å². The molecule has 98 valence electrons. The van der Waals surface area contributed by atoms with Crippen molar-refractivity contribution in [3.8, 4) is 11.5 Å². The van der Waals surface area contributed by atoms with Crippen molar-refractivity contribution < 1.29 is 19.7 Å². The van der Waals surface area contributed by atoms with Crippen LogP contribution in [0.15, 0.2) is 48.5 Å². The van der Waals surface area contributed by atoms with Crippen LogP contribution in [0.25, 0.3) is 0 Å². The summed E-state index contributed by atoms with van der Waals surface area (Å²) in [6.07, 6.45) is 0.692. The topological polar surface area (TPSA) is 66.8 Å². The van der Waals surface area contributed by atoms with Gasteiger partial charge in [-0.15, -0.1) is 0 Å². The molecular formula is C15H14O4. The molecule has 4 nitrogen and oxygen atoms in total. The molecule has 19 heavy (non-hydrogen) atoms. The molecule has 0 bridgehead atoms. The lowest BCUT2D eigenvalue weighted by Crippen LogP contribution is -2.03. The van der Waals surface area contributed by atoms with Crippen molar-refractivity contribution in [3.63, 3.8) is 0 Å². The molecular weight excluding hydrogens is 244 g/mol. The molecule has 0 aliphatic heterocycles. The number of rotatable bonds is 5. The fourth-order valence-corrected chi connectivity index (χ4v) is 1.73. The van der Waals surface area contributed by atoms with Gasteiger partial charge in [-0.05, 0) is 17.7 Å². The van der Waals surface area contributed by atoms with Gasteiger partial charge in [0, 0.05) is 6.42 Å². The standard InChI is InChI=1S/C15H14O4/c16-14-12(15(17)18)7-4-8-13(14)19-10-9-11-5-2-1-3-6-11/h1-8,16H,9-10H2,(H,17,18). The lowest BCUT2D eigenvalue weighted by molar-refractivity contribution is 0.0693. The van der Waals surface area contributed by atoms with Gasteiger partial charge in [0.1, 0.15) is 5.56 Å². The van der Waals surface area contributed by atoms with Crippen molar-refractivity contribution in [2.45, 2.75) is 6.42 Å². The third kappa shape index (κ3) is 3.25. The average molecular weight is 258 g/mol. The molecule has 2 N–H and O–H groups in total. The van der Waals surface area contributed by atoms with Crippen LogP contribution in [0, 0.1) is 0 Å². The van der Waals surface area contributed by atoms with Gasteiger partial charge < -0.3 is 14.9 Å². The smallest absolute Gasteiger partial charge is 0.339 e. The zero-order valence-corrected chi connectivity index (χ0v) is 10.2. The molecule has 0 aliphatic rings. The SMILES string of the molecule is O=C(O)c1cccc(OCCc2ccccc2)c1O. The predicted molar refractivity (Wildman–Crippen MR) is 70.7 cm³/mol. The summed E-state index contributed by atoms with van der Waals surface area (Å²) >= 11 is 0. The first-order chi connectivity index (χ1) is 9.18. The molecule has 0 fully saturated rings. The van der Waals surface area contributed by atoms with Crippen LogP contribution in [0.3, 0.4) is 0 Å². The summed E-state index contributed by atoms with van der Waals surface area (Å²) < 4.78 is 5.42. The first kappa shape index (κ1) is 13.0. The molecule has 0 radical (unpaired) electrons. The van der Waals surface area contributed by atoms with Crippen LogP contribution in [0.2, 0.25) is 0 Å². The van der Waals surface area contributed by atoms with Crippen LogP contribution in [-0.4, -0.2) is 22.8 Å². The maximum Gasteiger partial charge on any atom is 0.339 e. The van der Waals surface area contributed by atoms with Crippen molar-refractivity contribution >= 4 is 5.97 Å². The second-order valence-electron chi connectivity index (χ2n) is 4.04. The number of benzene rings is 2. The normalized spacial score (nSPS) is 10.1. The van der Waals surface area contributed by atoms with E-state index in [-0.39, 0.29) is 17.1 Å². The molecule has 2 aromatic rings. The second kappa shape index (κ2) is 5.91. The Hall–Kier alpha value is -2.49. The molecule has 0 aliphatic carbocycles. The number of aromatic carboxylic acids is 1. The molecule has 0 spiro atoms. The lowest BCUT2D eigenvalue weighted by atomic mass is 10.1. The van der Waals surface area contributed by atoms with Crippen molar-refractivity contribution in [2.75, 3.05) is 6.61 Å². The van der Waals surface area contributed by atoms with Crippen molar-refractivity contribution in [1.29, 1.82) is 0 Å². The fourth-order valence-electron chi connectivity index (χ4n) is 1.73. The Labute approximate surface area is 110 Å². The Morgan fingerprint density at radius 1 is 1.05 bits per heavy atom. The molecule has 0 saturated carbocycles. The minimum Gasteiger partial charge on any atom is -0.504 e.